The van der Waals surface area contributed by atoms with Crippen LogP contribution in [0.25, 0.3) is 5.69 Å². The molecule has 0 radical (unpaired) electrons. The third-order valence-electron chi connectivity index (χ3n) is 4.80. The smallest absolute Gasteiger partial charge is 0.351 e. The molecule has 2 aromatic rings. The van der Waals surface area contributed by atoms with Crippen LogP contribution in [0.3, 0.4) is 0 Å². The molecule has 9 nitrogen and oxygen atoms in total. The fourth-order valence-electron chi connectivity index (χ4n) is 3.22. The summed E-state index contributed by atoms with van der Waals surface area (Å²) in [7, 11) is 1.37. The number of rotatable bonds is 6. The van der Waals surface area contributed by atoms with Crippen LogP contribution in [-0.4, -0.2) is 64.4 Å². The van der Waals surface area contributed by atoms with Crippen molar-refractivity contribution < 1.29 is 14.3 Å². The summed E-state index contributed by atoms with van der Waals surface area (Å²) in [5.41, 5.74) is 1.30. The molecule has 2 heterocycles. The molecule has 1 amide bonds. The van der Waals surface area contributed by atoms with Crippen molar-refractivity contribution in [3.8, 4) is 5.69 Å². The van der Waals surface area contributed by atoms with Gasteiger partial charge in [-0.15, -0.1) is 0 Å². The van der Waals surface area contributed by atoms with Crippen molar-refractivity contribution in [1.29, 1.82) is 0 Å². The largest absolute Gasteiger partial charge is 0.469 e. The number of amides is 1. The number of hydrogen-bond donors (Lipinski definition) is 1. The van der Waals surface area contributed by atoms with Crippen molar-refractivity contribution in [3.63, 3.8) is 0 Å². The number of nitrogens with one attached hydrogen (secondary N) is 1. The van der Waals surface area contributed by atoms with Gasteiger partial charge in [-0.05, 0) is 31.0 Å². The first kappa shape index (κ1) is 19.8. The Labute approximate surface area is 162 Å². The molecular weight excluding hydrogens is 362 g/mol. The van der Waals surface area contributed by atoms with Crippen LogP contribution in [0.15, 0.2) is 29.1 Å². The van der Waals surface area contributed by atoms with Crippen LogP contribution in [0.1, 0.15) is 17.8 Å². The number of aromatic nitrogens is 3. The Morgan fingerprint density at radius 2 is 1.86 bits per heavy atom. The molecule has 1 saturated heterocycles. The molecule has 1 aromatic carbocycles. The van der Waals surface area contributed by atoms with Gasteiger partial charge in [0.2, 0.25) is 5.91 Å². The van der Waals surface area contributed by atoms with Gasteiger partial charge in [-0.25, -0.2) is 14.0 Å². The van der Waals surface area contributed by atoms with E-state index in [4.69, 9.17) is 0 Å². The highest BCUT2D eigenvalue weighted by Gasteiger charge is 2.20. The highest BCUT2D eigenvalue weighted by molar-refractivity contribution is 5.76. The molecule has 1 fully saturated rings. The Kier molecular flexibility index (Phi) is 6.25. The van der Waals surface area contributed by atoms with Crippen LogP contribution < -0.4 is 11.0 Å². The second-order valence-electron chi connectivity index (χ2n) is 6.70. The van der Waals surface area contributed by atoms with Gasteiger partial charge in [0.1, 0.15) is 12.4 Å². The van der Waals surface area contributed by atoms with Crippen molar-refractivity contribution in [2.45, 2.75) is 26.3 Å². The van der Waals surface area contributed by atoms with Crippen LogP contribution in [0.4, 0.5) is 0 Å². The molecule has 1 aromatic heterocycles. The summed E-state index contributed by atoms with van der Waals surface area (Å²) in [6, 6.07) is 7.36. The maximum absolute atomic E-state index is 12.8. The van der Waals surface area contributed by atoms with E-state index in [0.29, 0.717) is 37.4 Å². The predicted octanol–water partition coefficient (Wildman–Crippen LogP) is -0.120. The third-order valence-corrected chi connectivity index (χ3v) is 4.80. The maximum Gasteiger partial charge on any atom is 0.351 e. The SMILES string of the molecule is COC(=O)CCc1ccc(-n2c(C)nn(CC(=O)N3CCNCC3)c2=O)cc1. The summed E-state index contributed by atoms with van der Waals surface area (Å²) in [4.78, 5) is 38.2. The molecule has 1 N–H and O–H groups in total. The Morgan fingerprint density at radius 3 is 2.50 bits per heavy atom. The topological polar surface area (TPSA) is 98.5 Å². The van der Waals surface area contributed by atoms with Crippen LogP contribution in [-0.2, 0) is 27.3 Å². The van der Waals surface area contributed by atoms with Crippen molar-refractivity contribution in [2.75, 3.05) is 33.3 Å². The molecule has 0 bridgehead atoms. The van der Waals surface area contributed by atoms with Crippen molar-refractivity contribution in [3.05, 3.63) is 46.1 Å². The van der Waals surface area contributed by atoms with Gasteiger partial charge in [0.05, 0.1) is 12.8 Å². The van der Waals surface area contributed by atoms with E-state index in [1.54, 1.807) is 11.8 Å². The second kappa shape index (κ2) is 8.83. The van der Waals surface area contributed by atoms with E-state index < -0.39 is 0 Å². The molecule has 0 aliphatic carbocycles. The van der Waals surface area contributed by atoms with Gasteiger partial charge in [0.15, 0.2) is 0 Å². The monoisotopic (exact) mass is 387 g/mol. The summed E-state index contributed by atoms with van der Waals surface area (Å²) in [5.74, 6) is 0.151. The minimum absolute atomic E-state index is 0.0656. The highest BCUT2D eigenvalue weighted by Crippen LogP contribution is 2.11. The van der Waals surface area contributed by atoms with Gasteiger partial charge >= 0.3 is 11.7 Å². The summed E-state index contributed by atoms with van der Waals surface area (Å²) < 4.78 is 7.34. The van der Waals surface area contributed by atoms with Crippen LogP contribution in [0.2, 0.25) is 0 Å². The van der Waals surface area contributed by atoms with E-state index in [-0.39, 0.29) is 24.1 Å². The Morgan fingerprint density at radius 1 is 1.18 bits per heavy atom. The summed E-state index contributed by atoms with van der Waals surface area (Å²) in [6.07, 6.45) is 0.875. The van der Waals surface area contributed by atoms with E-state index in [0.717, 1.165) is 18.7 Å². The second-order valence-corrected chi connectivity index (χ2v) is 6.70. The summed E-state index contributed by atoms with van der Waals surface area (Å²) in [6.45, 7) is 4.47. The number of aryl methyl sites for hydroxylation is 2. The molecule has 9 heteroatoms. The van der Waals surface area contributed by atoms with Gasteiger partial charge in [0.25, 0.3) is 0 Å². The van der Waals surface area contributed by atoms with Gasteiger partial charge in [0, 0.05) is 32.6 Å². The maximum atomic E-state index is 12.8. The fraction of sp³-hybridized carbons (Fsp3) is 0.474. The first-order chi connectivity index (χ1) is 13.5. The van der Waals surface area contributed by atoms with E-state index in [1.807, 2.05) is 24.3 Å². The van der Waals surface area contributed by atoms with Gasteiger partial charge in [-0.1, -0.05) is 12.1 Å². The number of carbonyl (C=O) groups excluding carboxylic acids is 2. The zero-order valence-corrected chi connectivity index (χ0v) is 16.2. The number of methoxy groups -OCH3 is 1. The lowest BCUT2D eigenvalue weighted by Crippen LogP contribution is -2.48. The molecule has 0 saturated carbocycles. The zero-order valence-electron chi connectivity index (χ0n) is 16.2. The minimum atomic E-state index is -0.344. The molecule has 3 rings (SSSR count). The fourth-order valence-corrected chi connectivity index (χ4v) is 3.22. The molecule has 0 spiro atoms. The van der Waals surface area contributed by atoms with E-state index in [9.17, 15) is 14.4 Å². The van der Waals surface area contributed by atoms with Crippen molar-refractivity contribution >= 4 is 11.9 Å². The Hall–Kier alpha value is -2.94. The summed E-state index contributed by atoms with van der Waals surface area (Å²) >= 11 is 0. The molecule has 28 heavy (non-hydrogen) atoms. The Balaban J connectivity index is 1.73. The van der Waals surface area contributed by atoms with Gasteiger partial charge < -0.3 is 15.0 Å². The molecule has 1 aliphatic heterocycles. The average Bonchev–Trinajstić information content (AvgIpc) is 3.00. The number of piperazine rings is 1. The number of nitrogens with zero attached hydrogens (tertiary/aromatic N) is 4. The highest BCUT2D eigenvalue weighted by atomic mass is 16.5. The number of ether oxygens (including phenoxy) is 1. The first-order valence-electron chi connectivity index (χ1n) is 9.30. The van der Waals surface area contributed by atoms with E-state index in [1.165, 1.54) is 16.4 Å². The minimum Gasteiger partial charge on any atom is -0.469 e. The standard InChI is InChI=1S/C19H25N5O4/c1-14-21-23(13-17(25)22-11-9-20-10-12-22)19(27)24(14)16-6-3-15(4-7-16)5-8-18(26)28-2/h3-4,6-7,20H,5,8-13H2,1-2H3. The lowest BCUT2D eigenvalue weighted by atomic mass is 10.1. The van der Waals surface area contributed by atoms with Crippen LogP contribution in [0, 0.1) is 6.92 Å². The lowest BCUT2D eigenvalue weighted by molar-refractivity contribution is -0.140. The van der Waals surface area contributed by atoms with Crippen molar-refractivity contribution in [1.82, 2.24) is 24.6 Å². The quantitative estimate of drug-likeness (QED) is 0.694. The van der Waals surface area contributed by atoms with Crippen LogP contribution >= 0.6 is 0 Å². The van der Waals surface area contributed by atoms with E-state index >= 15 is 0 Å². The van der Waals surface area contributed by atoms with Crippen molar-refractivity contribution in [2.24, 2.45) is 0 Å². The van der Waals surface area contributed by atoms with Crippen LogP contribution in [0.5, 0.6) is 0 Å². The molecule has 0 unspecified atom stereocenters. The molecular formula is C19H25N5O4. The van der Waals surface area contributed by atoms with E-state index in [2.05, 4.69) is 15.2 Å². The molecule has 0 atom stereocenters. The Bertz CT molecular complexity index is 894. The number of benzene rings is 1. The van der Waals surface area contributed by atoms with Gasteiger partial charge in [-0.3, -0.25) is 9.59 Å². The number of hydrogen-bond acceptors (Lipinski definition) is 6. The lowest BCUT2D eigenvalue weighted by Gasteiger charge is -2.27. The predicted molar refractivity (Wildman–Crippen MR) is 102 cm³/mol. The average molecular weight is 387 g/mol. The molecule has 150 valence electrons. The normalized spacial score (nSPS) is 14.1. The molecule has 1 aliphatic rings. The zero-order chi connectivity index (χ0) is 20.1. The number of carbonyl (C=O) groups is 2. The first-order valence-corrected chi connectivity index (χ1v) is 9.30. The third kappa shape index (κ3) is 4.48. The number of esters is 1. The van der Waals surface area contributed by atoms with Gasteiger partial charge in [-0.2, -0.15) is 5.10 Å². The summed E-state index contributed by atoms with van der Waals surface area (Å²) in [5, 5.41) is 7.45.